The Bertz CT molecular complexity index is 1340. The molecular weight excluding hydrogens is 446 g/mol. The molecule has 5 rings (SSSR count). The number of rotatable bonds is 8. The second-order valence-electron chi connectivity index (χ2n) is 8.65. The zero-order valence-corrected chi connectivity index (χ0v) is 19.7. The molecule has 1 aromatic heterocycles. The fourth-order valence-electron chi connectivity index (χ4n) is 4.56. The molecule has 0 bridgehead atoms. The molecule has 5 heteroatoms. The predicted octanol–water partition coefficient (Wildman–Crippen LogP) is 5.36. The predicted molar refractivity (Wildman–Crippen MR) is 141 cm³/mol. The van der Waals surface area contributed by atoms with E-state index in [9.17, 15) is 10.2 Å². The van der Waals surface area contributed by atoms with Gasteiger partial charge in [-0.2, -0.15) is 5.10 Å². The third-order valence-corrected chi connectivity index (χ3v) is 6.44. The summed E-state index contributed by atoms with van der Waals surface area (Å²) < 4.78 is 1.57. The van der Waals surface area contributed by atoms with Gasteiger partial charge in [-0.1, -0.05) is 127 Å². The van der Waals surface area contributed by atoms with Crippen LogP contribution in [0.2, 0.25) is 0 Å². The molecule has 5 nitrogen and oxygen atoms in total. The van der Waals surface area contributed by atoms with Gasteiger partial charge in [-0.15, -0.1) is 0 Å². The SMILES string of the molecule is OC(C/C=C/n1ncnc1C(O)(c1ccccc1)c1ccccc1)(c1ccccc1)c1ccccc1. The first-order valence-corrected chi connectivity index (χ1v) is 11.9. The van der Waals surface area contributed by atoms with Crippen molar-refractivity contribution in [3.63, 3.8) is 0 Å². The second kappa shape index (κ2) is 10.1. The second-order valence-corrected chi connectivity index (χ2v) is 8.65. The summed E-state index contributed by atoms with van der Waals surface area (Å²) in [4.78, 5) is 4.46. The molecule has 36 heavy (non-hydrogen) atoms. The van der Waals surface area contributed by atoms with Gasteiger partial charge in [-0.3, -0.25) is 0 Å². The molecule has 0 aliphatic heterocycles. The highest BCUT2D eigenvalue weighted by Crippen LogP contribution is 2.36. The first-order valence-electron chi connectivity index (χ1n) is 11.9. The van der Waals surface area contributed by atoms with Crippen molar-refractivity contribution in [2.75, 3.05) is 0 Å². The van der Waals surface area contributed by atoms with Crippen molar-refractivity contribution >= 4 is 6.20 Å². The van der Waals surface area contributed by atoms with Crippen molar-refractivity contribution in [1.82, 2.24) is 14.8 Å². The first kappa shape index (κ1) is 23.4. The summed E-state index contributed by atoms with van der Waals surface area (Å²) >= 11 is 0. The van der Waals surface area contributed by atoms with Gasteiger partial charge >= 0.3 is 0 Å². The third kappa shape index (κ3) is 4.38. The maximum atomic E-state index is 12.1. The highest BCUT2D eigenvalue weighted by atomic mass is 16.3. The summed E-state index contributed by atoms with van der Waals surface area (Å²) in [7, 11) is 0. The molecule has 0 radical (unpaired) electrons. The molecule has 0 unspecified atom stereocenters. The van der Waals surface area contributed by atoms with Crippen LogP contribution >= 0.6 is 0 Å². The molecule has 0 fully saturated rings. The van der Waals surface area contributed by atoms with E-state index >= 15 is 0 Å². The van der Waals surface area contributed by atoms with E-state index in [2.05, 4.69) is 10.1 Å². The Morgan fingerprint density at radius 3 is 1.47 bits per heavy atom. The number of aromatic nitrogens is 3. The van der Waals surface area contributed by atoms with Gasteiger partial charge in [0.2, 0.25) is 0 Å². The Balaban J connectivity index is 1.53. The van der Waals surface area contributed by atoms with Crippen LogP contribution < -0.4 is 0 Å². The van der Waals surface area contributed by atoms with Crippen molar-refractivity contribution in [3.8, 4) is 0 Å². The molecule has 0 saturated heterocycles. The minimum atomic E-state index is -1.52. The fraction of sp³-hybridized carbons (Fsp3) is 0.0968. The van der Waals surface area contributed by atoms with Crippen LogP contribution in [0, 0.1) is 0 Å². The van der Waals surface area contributed by atoms with Gasteiger partial charge in [-0.05, 0) is 22.3 Å². The number of benzene rings is 4. The molecular formula is C31H27N3O2. The van der Waals surface area contributed by atoms with E-state index in [4.69, 9.17) is 0 Å². The number of hydrogen-bond acceptors (Lipinski definition) is 4. The number of aliphatic hydroxyl groups is 2. The summed E-state index contributed by atoms with van der Waals surface area (Å²) in [6.07, 6.45) is 5.33. The monoisotopic (exact) mass is 473 g/mol. The normalized spacial score (nSPS) is 12.2. The molecule has 0 aliphatic carbocycles. The average molecular weight is 474 g/mol. The summed E-state index contributed by atoms with van der Waals surface area (Å²) in [5, 5.41) is 28.3. The van der Waals surface area contributed by atoms with E-state index in [-0.39, 0.29) is 0 Å². The first-order chi connectivity index (χ1) is 17.6. The van der Waals surface area contributed by atoms with Gasteiger partial charge in [0, 0.05) is 12.6 Å². The van der Waals surface area contributed by atoms with Crippen LogP contribution in [0.15, 0.2) is 134 Å². The van der Waals surface area contributed by atoms with Crippen LogP contribution in [0.1, 0.15) is 34.5 Å². The zero-order chi connectivity index (χ0) is 24.8. The number of hydrogen-bond donors (Lipinski definition) is 2. The summed E-state index contributed by atoms with van der Waals surface area (Å²) in [6.45, 7) is 0. The minimum Gasteiger partial charge on any atom is -0.380 e. The molecule has 0 atom stereocenters. The van der Waals surface area contributed by atoms with E-state index in [1.165, 1.54) is 6.33 Å². The topological polar surface area (TPSA) is 71.2 Å². The van der Waals surface area contributed by atoms with E-state index in [0.29, 0.717) is 23.4 Å². The lowest BCUT2D eigenvalue weighted by atomic mass is 9.83. The van der Waals surface area contributed by atoms with Crippen LogP contribution in [0.4, 0.5) is 0 Å². The highest BCUT2D eigenvalue weighted by Gasteiger charge is 2.38. The van der Waals surface area contributed by atoms with Crippen LogP contribution in [0.25, 0.3) is 6.20 Å². The Morgan fingerprint density at radius 2 is 1.03 bits per heavy atom. The van der Waals surface area contributed by atoms with Gasteiger partial charge in [0.1, 0.15) is 11.9 Å². The Kier molecular flexibility index (Phi) is 6.58. The third-order valence-electron chi connectivity index (χ3n) is 6.44. The van der Waals surface area contributed by atoms with Crippen molar-refractivity contribution in [2.45, 2.75) is 17.6 Å². The smallest absolute Gasteiger partial charge is 0.175 e. The van der Waals surface area contributed by atoms with E-state index in [0.717, 1.165) is 11.1 Å². The summed E-state index contributed by atoms with van der Waals surface area (Å²) in [5.74, 6) is 0.360. The fourth-order valence-corrected chi connectivity index (χ4v) is 4.56. The number of nitrogens with zero attached hydrogens (tertiary/aromatic N) is 3. The Hall–Kier alpha value is -4.32. The molecule has 0 amide bonds. The van der Waals surface area contributed by atoms with Crippen molar-refractivity contribution in [3.05, 3.63) is 162 Å². The lowest BCUT2D eigenvalue weighted by Gasteiger charge is -2.29. The van der Waals surface area contributed by atoms with Gasteiger partial charge in [0.15, 0.2) is 11.4 Å². The Labute approximate surface area is 210 Å². The van der Waals surface area contributed by atoms with E-state index in [1.54, 1.807) is 10.9 Å². The summed E-state index contributed by atoms with van der Waals surface area (Å²) in [6, 6.07) is 38.1. The lowest BCUT2D eigenvalue weighted by molar-refractivity contribution is 0.0842. The molecule has 2 N–H and O–H groups in total. The zero-order valence-electron chi connectivity index (χ0n) is 19.7. The van der Waals surface area contributed by atoms with Gasteiger partial charge in [-0.25, -0.2) is 9.67 Å². The minimum absolute atomic E-state index is 0.301. The van der Waals surface area contributed by atoms with Gasteiger partial charge in [0.05, 0.1) is 0 Å². The van der Waals surface area contributed by atoms with Crippen LogP contribution in [-0.2, 0) is 11.2 Å². The van der Waals surface area contributed by atoms with Gasteiger partial charge in [0.25, 0.3) is 0 Å². The highest BCUT2D eigenvalue weighted by molar-refractivity contribution is 5.45. The van der Waals surface area contributed by atoms with E-state index in [1.807, 2.05) is 127 Å². The molecule has 0 spiro atoms. The van der Waals surface area contributed by atoms with Crippen LogP contribution in [0.5, 0.6) is 0 Å². The molecule has 0 saturated carbocycles. The Morgan fingerprint density at radius 1 is 0.611 bits per heavy atom. The van der Waals surface area contributed by atoms with E-state index < -0.39 is 11.2 Å². The molecule has 5 aromatic rings. The molecule has 1 heterocycles. The standard InChI is InChI=1S/C31H27N3O2/c35-30(25-14-5-1-6-15-25,26-16-7-2-8-17-26)22-13-23-34-29(32-24-33-34)31(36,27-18-9-3-10-19-27)28-20-11-4-12-21-28/h1-21,23-24,35-36H,22H2/b23-13+. The van der Waals surface area contributed by atoms with Crippen molar-refractivity contribution < 1.29 is 10.2 Å². The quantitative estimate of drug-likeness (QED) is 0.318. The lowest BCUT2D eigenvalue weighted by Crippen LogP contribution is -2.32. The molecule has 4 aromatic carbocycles. The summed E-state index contributed by atoms with van der Waals surface area (Å²) in [5.41, 5.74) is 0.218. The van der Waals surface area contributed by atoms with Crippen LogP contribution in [0.3, 0.4) is 0 Å². The maximum absolute atomic E-state index is 12.1. The van der Waals surface area contributed by atoms with Crippen molar-refractivity contribution in [1.29, 1.82) is 0 Å². The average Bonchev–Trinajstić information content (AvgIpc) is 3.43. The molecule has 0 aliphatic rings. The van der Waals surface area contributed by atoms with Crippen molar-refractivity contribution in [2.24, 2.45) is 0 Å². The maximum Gasteiger partial charge on any atom is 0.175 e. The van der Waals surface area contributed by atoms with Gasteiger partial charge < -0.3 is 10.2 Å². The van der Waals surface area contributed by atoms with Crippen LogP contribution in [-0.4, -0.2) is 25.0 Å². The largest absolute Gasteiger partial charge is 0.380 e. The molecule has 178 valence electrons.